The van der Waals surface area contributed by atoms with E-state index in [2.05, 4.69) is 53.4 Å². The second kappa shape index (κ2) is 6.57. The van der Waals surface area contributed by atoms with Crippen molar-refractivity contribution < 1.29 is 0 Å². The summed E-state index contributed by atoms with van der Waals surface area (Å²) >= 11 is 1.77. The second-order valence-electron chi connectivity index (χ2n) is 4.45. The minimum Gasteiger partial charge on any atom is -0.370 e. The van der Waals surface area contributed by atoms with Gasteiger partial charge in [-0.25, -0.2) is 9.97 Å². The number of hydrogen-bond acceptors (Lipinski definition) is 4. The first-order valence-electron chi connectivity index (χ1n) is 6.45. The van der Waals surface area contributed by atoms with Gasteiger partial charge in [0.2, 0.25) is 0 Å². The molecular weight excluding hydrogens is 254 g/mol. The van der Waals surface area contributed by atoms with Gasteiger partial charge in [-0.3, -0.25) is 0 Å². The molecule has 0 aliphatic rings. The number of benzene rings is 1. The Hall–Kier alpha value is -1.55. The molecule has 1 aromatic carbocycles. The molecule has 0 saturated heterocycles. The van der Waals surface area contributed by atoms with Crippen LogP contribution in [0.15, 0.2) is 35.2 Å². The van der Waals surface area contributed by atoms with E-state index in [1.807, 2.05) is 13.0 Å². The van der Waals surface area contributed by atoms with E-state index in [0.29, 0.717) is 0 Å². The van der Waals surface area contributed by atoms with Crippen molar-refractivity contribution in [3.05, 3.63) is 47.4 Å². The van der Waals surface area contributed by atoms with Crippen LogP contribution in [0.1, 0.15) is 24.0 Å². The molecular formula is C15H19N3S. The molecule has 0 unspecified atom stereocenters. The molecule has 0 aliphatic heterocycles. The van der Waals surface area contributed by atoms with Crippen molar-refractivity contribution in [1.82, 2.24) is 9.97 Å². The van der Waals surface area contributed by atoms with Gasteiger partial charge in [0.1, 0.15) is 11.6 Å². The Labute approximate surface area is 118 Å². The topological polar surface area (TPSA) is 37.8 Å². The van der Waals surface area contributed by atoms with E-state index < -0.39 is 0 Å². The number of hydrogen-bond donors (Lipinski definition) is 1. The predicted octanol–water partition coefficient (Wildman–Crippen LogP) is 3.82. The summed E-state index contributed by atoms with van der Waals surface area (Å²) in [5.74, 6) is 2.58. The zero-order valence-corrected chi connectivity index (χ0v) is 12.4. The van der Waals surface area contributed by atoms with Gasteiger partial charge in [-0.05, 0) is 32.9 Å². The normalized spacial score (nSPS) is 10.5. The lowest BCUT2D eigenvalue weighted by atomic mass is 10.2. The van der Waals surface area contributed by atoms with Crippen molar-refractivity contribution in [2.24, 2.45) is 0 Å². The number of rotatable bonds is 5. The van der Waals surface area contributed by atoms with E-state index in [9.17, 15) is 0 Å². The van der Waals surface area contributed by atoms with E-state index in [1.54, 1.807) is 11.8 Å². The quantitative estimate of drug-likeness (QED) is 0.840. The number of aromatic nitrogens is 2. The van der Waals surface area contributed by atoms with Gasteiger partial charge in [0.05, 0.1) is 5.75 Å². The SMILES string of the molecule is CCNc1cc(C)nc(CSc2cccc(C)c2)n1. The average molecular weight is 273 g/mol. The first kappa shape index (κ1) is 13.9. The van der Waals surface area contributed by atoms with Gasteiger partial charge in [-0.15, -0.1) is 11.8 Å². The van der Waals surface area contributed by atoms with Crippen LogP contribution in [0.2, 0.25) is 0 Å². The molecule has 0 aliphatic carbocycles. The molecule has 2 aromatic rings. The average Bonchev–Trinajstić information content (AvgIpc) is 2.36. The van der Waals surface area contributed by atoms with E-state index in [-0.39, 0.29) is 0 Å². The summed E-state index contributed by atoms with van der Waals surface area (Å²) in [5, 5.41) is 3.24. The van der Waals surface area contributed by atoms with Crippen molar-refractivity contribution in [1.29, 1.82) is 0 Å². The third kappa shape index (κ3) is 4.24. The van der Waals surface area contributed by atoms with E-state index in [1.165, 1.54) is 10.5 Å². The largest absolute Gasteiger partial charge is 0.370 e. The van der Waals surface area contributed by atoms with Crippen LogP contribution in [0, 0.1) is 13.8 Å². The highest BCUT2D eigenvalue weighted by Gasteiger charge is 2.03. The highest BCUT2D eigenvalue weighted by molar-refractivity contribution is 7.98. The molecule has 1 heterocycles. The summed E-state index contributed by atoms with van der Waals surface area (Å²) in [7, 11) is 0. The number of anilines is 1. The summed E-state index contributed by atoms with van der Waals surface area (Å²) < 4.78 is 0. The molecule has 0 fully saturated rings. The lowest BCUT2D eigenvalue weighted by Crippen LogP contribution is -2.04. The highest BCUT2D eigenvalue weighted by Crippen LogP contribution is 2.22. The summed E-state index contributed by atoms with van der Waals surface area (Å²) in [6.07, 6.45) is 0. The Morgan fingerprint density at radius 2 is 2.00 bits per heavy atom. The van der Waals surface area contributed by atoms with Crippen LogP contribution in [-0.2, 0) is 5.75 Å². The van der Waals surface area contributed by atoms with Gasteiger partial charge in [0.25, 0.3) is 0 Å². The summed E-state index contributed by atoms with van der Waals surface area (Å²) in [6, 6.07) is 10.5. The number of nitrogens with zero attached hydrogens (tertiary/aromatic N) is 2. The number of nitrogens with one attached hydrogen (secondary N) is 1. The van der Waals surface area contributed by atoms with Gasteiger partial charge in [0, 0.05) is 23.2 Å². The van der Waals surface area contributed by atoms with Gasteiger partial charge in [-0.2, -0.15) is 0 Å². The van der Waals surface area contributed by atoms with Crippen LogP contribution in [-0.4, -0.2) is 16.5 Å². The Balaban J connectivity index is 2.06. The van der Waals surface area contributed by atoms with Crippen molar-refractivity contribution >= 4 is 17.6 Å². The Kier molecular flexibility index (Phi) is 4.80. The summed E-state index contributed by atoms with van der Waals surface area (Å²) in [6.45, 7) is 7.05. The molecule has 0 bridgehead atoms. The van der Waals surface area contributed by atoms with Crippen molar-refractivity contribution in [2.75, 3.05) is 11.9 Å². The Morgan fingerprint density at radius 3 is 2.74 bits per heavy atom. The van der Waals surface area contributed by atoms with Crippen LogP contribution in [0.5, 0.6) is 0 Å². The van der Waals surface area contributed by atoms with Crippen molar-refractivity contribution in [3.8, 4) is 0 Å². The van der Waals surface area contributed by atoms with Crippen LogP contribution >= 0.6 is 11.8 Å². The molecule has 1 aromatic heterocycles. The van der Waals surface area contributed by atoms with Gasteiger partial charge < -0.3 is 5.32 Å². The molecule has 100 valence electrons. The standard InChI is InChI=1S/C15H19N3S/c1-4-16-14-9-12(3)17-15(18-14)10-19-13-7-5-6-11(2)8-13/h5-9H,4,10H2,1-3H3,(H,16,17,18). The molecule has 0 amide bonds. The van der Waals surface area contributed by atoms with Crippen LogP contribution in [0.25, 0.3) is 0 Å². The summed E-state index contributed by atoms with van der Waals surface area (Å²) in [5.41, 5.74) is 2.29. The van der Waals surface area contributed by atoms with Gasteiger partial charge in [-0.1, -0.05) is 17.7 Å². The monoisotopic (exact) mass is 273 g/mol. The molecule has 19 heavy (non-hydrogen) atoms. The third-order valence-corrected chi connectivity index (χ3v) is 3.61. The lowest BCUT2D eigenvalue weighted by Gasteiger charge is -2.07. The molecule has 0 spiro atoms. The number of thioether (sulfide) groups is 1. The minimum absolute atomic E-state index is 0.795. The van der Waals surface area contributed by atoms with E-state index in [4.69, 9.17) is 0 Å². The molecule has 3 nitrogen and oxygen atoms in total. The van der Waals surface area contributed by atoms with Crippen molar-refractivity contribution in [2.45, 2.75) is 31.4 Å². The minimum atomic E-state index is 0.795. The first-order chi connectivity index (χ1) is 9.17. The number of aryl methyl sites for hydroxylation is 2. The zero-order valence-electron chi connectivity index (χ0n) is 11.6. The maximum atomic E-state index is 4.52. The van der Waals surface area contributed by atoms with Gasteiger partial charge >= 0.3 is 0 Å². The van der Waals surface area contributed by atoms with Crippen LogP contribution in [0.4, 0.5) is 5.82 Å². The molecule has 0 radical (unpaired) electrons. The fourth-order valence-electron chi connectivity index (χ4n) is 1.82. The van der Waals surface area contributed by atoms with Crippen molar-refractivity contribution in [3.63, 3.8) is 0 Å². The Morgan fingerprint density at radius 1 is 1.16 bits per heavy atom. The fourth-order valence-corrected chi connectivity index (χ4v) is 2.69. The Bertz CT molecular complexity index is 555. The maximum Gasteiger partial charge on any atom is 0.141 e. The predicted molar refractivity (Wildman–Crippen MR) is 81.7 cm³/mol. The molecule has 0 saturated carbocycles. The molecule has 1 N–H and O–H groups in total. The second-order valence-corrected chi connectivity index (χ2v) is 5.50. The lowest BCUT2D eigenvalue weighted by molar-refractivity contribution is 0.986. The summed E-state index contributed by atoms with van der Waals surface area (Å²) in [4.78, 5) is 10.3. The highest BCUT2D eigenvalue weighted by atomic mass is 32.2. The maximum absolute atomic E-state index is 4.52. The zero-order chi connectivity index (χ0) is 13.7. The van der Waals surface area contributed by atoms with Crippen LogP contribution in [0.3, 0.4) is 0 Å². The molecule has 4 heteroatoms. The third-order valence-electron chi connectivity index (χ3n) is 2.62. The molecule has 2 rings (SSSR count). The first-order valence-corrected chi connectivity index (χ1v) is 7.44. The van der Waals surface area contributed by atoms with E-state index in [0.717, 1.165) is 29.6 Å². The fraction of sp³-hybridized carbons (Fsp3) is 0.333. The van der Waals surface area contributed by atoms with E-state index >= 15 is 0 Å². The van der Waals surface area contributed by atoms with Crippen LogP contribution < -0.4 is 5.32 Å². The van der Waals surface area contributed by atoms with Gasteiger partial charge in [0.15, 0.2) is 0 Å². The molecule has 0 atom stereocenters. The smallest absolute Gasteiger partial charge is 0.141 e.